The van der Waals surface area contributed by atoms with Crippen LogP contribution in [0.15, 0.2) is 24.3 Å². The lowest BCUT2D eigenvalue weighted by molar-refractivity contribution is -0.136. The minimum Gasteiger partial charge on any atom is -0.338 e. The predicted octanol–water partition coefficient (Wildman–Crippen LogP) is 2.59. The smallest absolute Gasteiger partial charge is 0.231 e. The molecule has 0 unspecified atom stereocenters. The van der Waals surface area contributed by atoms with Crippen LogP contribution in [-0.4, -0.2) is 53.3 Å². The molecule has 1 N–H and O–H groups in total. The Kier molecular flexibility index (Phi) is 4.50. The first kappa shape index (κ1) is 16.6. The van der Waals surface area contributed by atoms with Crippen LogP contribution < -0.4 is 5.32 Å². The molecule has 2 fully saturated rings. The number of amides is 2. The molecule has 3 aliphatic rings. The highest BCUT2D eigenvalue weighted by molar-refractivity contribution is 6.01. The predicted molar refractivity (Wildman–Crippen MR) is 97.4 cm³/mol. The molecular weight excluding hydrogens is 314 g/mol. The van der Waals surface area contributed by atoms with Gasteiger partial charge in [-0.2, -0.15) is 0 Å². The van der Waals surface area contributed by atoms with Crippen LogP contribution in [0.4, 0.5) is 5.69 Å². The Morgan fingerprint density at radius 1 is 1.16 bits per heavy atom. The summed E-state index contributed by atoms with van der Waals surface area (Å²) >= 11 is 0. The summed E-state index contributed by atoms with van der Waals surface area (Å²) < 4.78 is 0. The Bertz CT molecular complexity index is 675. The SMILES string of the molecule is CCN1CCC[C@@H]1[C@@H]1CCCN1C(=O)[C@H]1CC(=O)Nc2ccccc21. The van der Waals surface area contributed by atoms with Crippen LogP contribution in [0.5, 0.6) is 0 Å². The summed E-state index contributed by atoms with van der Waals surface area (Å²) in [6.45, 7) is 5.24. The van der Waals surface area contributed by atoms with Gasteiger partial charge in [-0.15, -0.1) is 0 Å². The summed E-state index contributed by atoms with van der Waals surface area (Å²) in [6.07, 6.45) is 4.84. The van der Waals surface area contributed by atoms with Crippen LogP contribution in [0.1, 0.15) is 50.5 Å². The van der Waals surface area contributed by atoms with Crippen LogP contribution in [0.3, 0.4) is 0 Å². The van der Waals surface area contributed by atoms with Crippen molar-refractivity contribution < 1.29 is 9.59 Å². The molecule has 5 nitrogen and oxygen atoms in total. The summed E-state index contributed by atoms with van der Waals surface area (Å²) in [6, 6.07) is 8.53. The third kappa shape index (κ3) is 2.95. The second kappa shape index (κ2) is 6.79. The lowest BCUT2D eigenvalue weighted by atomic mass is 9.88. The lowest BCUT2D eigenvalue weighted by Crippen LogP contribution is -2.50. The number of likely N-dealkylation sites (tertiary alicyclic amines) is 2. The number of hydrogen-bond acceptors (Lipinski definition) is 3. The van der Waals surface area contributed by atoms with E-state index in [4.69, 9.17) is 0 Å². The van der Waals surface area contributed by atoms with Crippen LogP contribution in [0, 0.1) is 0 Å². The first-order valence-electron chi connectivity index (χ1n) is 9.62. The molecular formula is C20H27N3O2. The average molecular weight is 341 g/mol. The van der Waals surface area contributed by atoms with Crippen molar-refractivity contribution in [3.05, 3.63) is 29.8 Å². The van der Waals surface area contributed by atoms with E-state index in [1.165, 1.54) is 12.8 Å². The Balaban J connectivity index is 1.59. The fourth-order valence-corrected chi connectivity index (χ4v) is 4.98. The molecule has 0 aliphatic carbocycles. The number of para-hydroxylation sites is 1. The second-order valence-electron chi connectivity index (χ2n) is 7.47. The van der Waals surface area contributed by atoms with Crippen molar-refractivity contribution >= 4 is 17.5 Å². The van der Waals surface area contributed by atoms with Gasteiger partial charge in [-0.3, -0.25) is 14.5 Å². The van der Waals surface area contributed by atoms with E-state index in [9.17, 15) is 9.59 Å². The zero-order chi connectivity index (χ0) is 17.4. The number of benzene rings is 1. The fourth-order valence-electron chi connectivity index (χ4n) is 4.98. The van der Waals surface area contributed by atoms with E-state index in [2.05, 4.69) is 22.0 Å². The zero-order valence-electron chi connectivity index (χ0n) is 14.9. The van der Waals surface area contributed by atoms with Crippen molar-refractivity contribution in [2.24, 2.45) is 0 Å². The Labute approximate surface area is 149 Å². The molecule has 3 aliphatic heterocycles. The summed E-state index contributed by atoms with van der Waals surface area (Å²) in [7, 11) is 0. The van der Waals surface area contributed by atoms with Gasteiger partial charge in [-0.25, -0.2) is 0 Å². The molecule has 25 heavy (non-hydrogen) atoms. The van der Waals surface area contributed by atoms with Crippen molar-refractivity contribution in [3.8, 4) is 0 Å². The molecule has 2 saturated heterocycles. The van der Waals surface area contributed by atoms with Gasteiger partial charge in [0.1, 0.15) is 0 Å². The van der Waals surface area contributed by atoms with E-state index in [-0.39, 0.29) is 24.2 Å². The monoisotopic (exact) mass is 341 g/mol. The Morgan fingerprint density at radius 3 is 2.76 bits per heavy atom. The fraction of sp³-hybridized carbons (Fsp3) is 0.600. The molecule has 4 rings (SSSR count). The van der Waals surface area contributed by atoms with E-state index in [1.807, 2.05) is 24.3 Å². The third-order valence-electron chi connectivity index (χ3n) is 6.14. The number of likely N-dealkylation sites (N-methyl/N-ethyl adjacent to an activating group) is 1. The number of carbonyl (C=O) groups is 2. The quantitative estimate of drug-likeness (QED) is 0.919. The maximum Gasteiger partial charge on any atom is 0.231 e. The standard InChI is InChI=1S/C20H27N3O2/c1-2-22-11-5-9-17(22)18-10-6-12-23(18)20(25)15-13-19(24)21-16-8-4-3-7-14(15)16/h3-4,7-8,15,17-18H,2,5-6,9-13H2,1H3,(H,21,24)/t15-,17+,18-/m0/s1. The van der Waals surface area contributed by atoms with Gasteiger partial charge in [0.2, 0.25) is 11.8 Å². The Morgan fingerprint density at radius 2 is 1.92 bits per heavy atom. The minimum atomic E-state index is -0.331. The van der Waals surface area contributed by atoms with Crippen molar-refractivity contribution in [1.82, 2.24) is 9.80 Å². The second-order valence-corrected chi connectivity index (χ2v) is 7.47. The first-order chi connectivity index (χ1) is 12.2. The van der Waals surface area contributed by atoms with E-state index in [0.717, 1.165) is 43.7 Å². The molecule has 1 aromatic rings. The van der Waals surface area contributed by atoms with Gasteiger partial charge in [-0.1, -0.05) is 25.1 Å². The topological polar surface area (TPSA) is 52.7 Å². The molecule has 0 saturated carbocycles. The largest absolute Gasteiger partial charge is 0.338 e. The van der Waals surface area contributed by atoms with Crippen LogP contribution >= 0.6 is 0 Å². The van der Waals surface area contributed by atoms with Gasteiger partial charge in [-0.05, 0) is 50.4 Å². The highest BCUT2D eigenvalue weighted by atomic mass is 16.2. The summed E-state index contributed by atoms with van der Waals surface area (Å²) in [5.74, 6) is -0.237. The first-order valence-corrected chi connectivity index (χ1v) is 9.62. The van der Waals surface area contributed by atoms with E-state index in [0.29, 0.717) is 12.1 Å². The minimum absolute atomic E-state index is 0.0520. The Hall–Kier alpha value is -1.88. The summed E-state index contributed by atoms with van der Waals surface area (Å²) in [4.78, 5) is 30.1. The molecule has 0 spiro atoms. The number of fused-ring (bicyclic) bond motifs is 1. The van der Waals surface area contributed by atoms with Gasteiger partial charge in [0.25, 0.3) is 0 Å². The van der Waals surface area contributed by atoms with Gasteiger partial charge in [0.05, 0.1) is 5.92 Å². The van der Waals surface area contributed by atoms with E-state index < -0.39 is 0 Å². The third-order valence-corrected chi connectivity index (χ3v) is 6.14. The average Bonchev–Trinajstić information content (AvgIpc) is 3.28. The molecule has 134 valence electrons. The summed E-state index contributed by atoms with van der Waals surface area (Å²) in [5, 5.41) is 2.90. The van der Waals surface area contributed by atoms with Crippen molar-refractivity contribution in [1.29, 1.82) is 0 Å². The highest BCUT2D eigenvalue weighted by Gasteiger charge is 2.42. The lowest BCUT2D eigenvalue weighted by Gasteiger charge is -2.37. The van der Waals surface area contributed by atoms with Crippen molar-refractivity contribution in [2.75, 3.05) is 25.0 Å². The van der Waals surface area contributed by atoms with Crippen molar-refractivity contribution in [2.45, 2.75) is 57.0 Å². The number of nitrogens with one attached hydrogen (secondary N) is 1. The van der Waals surface area contributed by atoms with Crippen LogP contribution in [-0.2, 0) is 9.59 Å². The molecule has 2 amide bonds. The molecule has 3 atom stereocenters. The maximum atomic E-state index is 13.4. The zero-order valence-corrected chi connectivity index (χ0v) is 14.9. The van der Waals surface area contributed by atoms with Crippen molar-refractivity contribution in [3.63, 3.8) is 0 Å². The number of carbonyl (C=O) groups excluding carboxylic acids is 2. The van der Waals surface area contributed by atoms with E-state index in [1.54, 1.807) is 0 Å². The molecule has 5 heteroatoms. The van der Waals surface area contributed by atoms with Gasteiger partial charge < -0.3 is 10.2 Å². The summed E-state index contributed by atoms with van der Waals surface area (Å²) in [5.41, 5.74) is 1.76. The van der Waals surface area contributed by atoms with Gasteiger partial charge >= 0.3 is 0 Å². The maximum absolute atomic E-state index is 13.4. The van der Waals surface area contributed by atoms with Crippen LogP contribution in [0.2, 0.25) is 0 Å². The van der Waals surface area contributed by atoms with Crippen LogP contribution in [0.25, 0.3) is 0 Å². The number of anilines is 1. The number of hydrogen-bond donors (Lipinski definition) is 1. The molecule has 3 heterocycles. The molecule has 0 aromatic heterocycles. The normalized spacial score (nSPS) is 29.6. The van der Waals surface area contributed by atoms with Gasteiger partial charge in [0, 0.05) is 30.7 Å². The van der Waals surface area contributed by atoms with Gasteiger partial charge in [0.15, 0.2) is 0 Å². The molecule has 0 radical (unpaired) electrons. The van der Waals surface area contributed by atoms with E-state index >= 15 is 0 Å². The number of rotatable bonds is 3. The molecule has 1 aromatic carbocycles. The number of nitrogens with zero attached hydrogens (tertiary/aromatic N) is 2. The molecule has 0 bridgehead atoms. The highest BCUT2D eigenvalue weighted by Crippen LogP contribution is 2.37.